The quantitative estimate of drug-likeness (QED) is 0.349. The van der Waals surface area contributed by atoms with Gasteiger partial charge in [-0.2, -0.15) is 0 Å². The van der Waals surface area contributed by atoms with Crippen molar-refractivity contribution < 1.29 is 20.4 Å². The van der Waals surface area contributed by atoms with Crippen LogP contribution < -0.4 is 0 Å². The zero-order valence-electron chi connectivity index (χ0n) is 5.51. The molecule has 1 rings (SSSR count). The van der Waals surface area contributed by atoms with Crippen LogP contribution in [-0.2, 0) is 0 Å². The molecule has 0 bridgehead atoms. The molecular formula is C6H12O4. The van der Waals surface area contributed by atoms with Crippen molar-refractivity contribution in [1.82, 2.24) is 0 Å². The van der Waals surface area contributed by atoms with Gasteiger partial charge in [0.2, 0.25) is 0 Å². The molecule has 4 heteroatoms. The SMILES string of the molecule is OC[C@H]1[C@@H](O)[C@@H](O)C[C@@H]1O. The van der Waals surface area contributed by atoms with Gasteiger partial charge in [0, 0.05) is 12.3 Å². The summed E-state index contributed by atoms with van der Waals surface area (Å²) in [6, 6.07) is 0. The Labute approximate surface area is 58.7 Å². The van der Waals surface area contributed by atoms with E-state index in [-0.39, 0.29) is 13.0 Å². The number of hydrogen-bond acceptors (Lipinski definition) is 4. The van der Waals surface area contributed by atoms with Gasteiger partial charge >= 0.3 is 0 Å². The van der Waals surface area contributed by atoms with Crippen LogP contribution in [0.15, 0.2) is 0 Å². The summed E-state index contributed by atoms with van der Waals surface area (Å²) in [5.41, 5.74) is 0. The molecule has 0 radical (unpaired) electrons. The fourth-order valence-corrected chi connectivity index (χ4v) is 1.30. The second-order valence-electron chi connectivity index (χ2n) is 2.71. The van der Waals surface area contributed by atoms with E-state index in [0.29, 0.717) is 0 Å². The molecule has 0 amide bonds. The molecule has 10 heavy (non-hydrogen) atoms. The number of aliphatic hydroxyl groups excluding tert-OH is 4. The normalized spacial score (nSPS) is 48.0. The van der Waals surface area contributed by atoms with Crippen LogP contribution in [0.4, 0.5) is 0 Å². The van der Waals surface area contributed by atoms with E-state index >= 15 is 0 Å². The van der Waals surface area contributed by atoms with Gasteiger partial charge in [0.15, 0.2) is 0 Å². The van der Waals surface area contributed by atoms with Crippen LogP contribution in [-0.4, -0.2) is 45.3 Å². The largest absolute Gasteiger partial charge is 0.396 e. The third kappa shape index (κ3) is 1.15. The van der Waals surface area contributed by atoms with Crippen LogP contribution in [0.1, 0.15) is 6.42 Å². The highest BCUT2D eigenvalue weighted by Crippen LogP contribution is 2.25. The van der Waals surface area contributed by atoms with Crippen molar-refractivity contribution in [2.75, 3.05) is 6.61 Å². The van der Waals surface area contributed by atoms with Gasteiger partial charge in [0.05, 0.1) is 24.9 Å². The van der Waals surface area contributed by atoms with Crippen molar-refractivity contribution in [3.8, 4) is 0 Å². The molecule has 0 unspecified atom stereocenters. The third-order valence-electron chi connectivity index (χ3n) is 2.02. The molecule has 1 aliphatic rings. The van der Waals surface area contributed by atoms with E-state index in [1.54, 1.807) is 0 Å². The minimum Gasteiger partial charge on any atom is -0.396 e. The van der Waals surface area contributed by atoms with Crippen molar-refractivity contribution in [1.29, 1.82) is 0 Å². The van der Waals surface area contributed by atoms with E-state index in [1.165, 1.54) is 0 Å². The fraction of sp³-hybridized carbons (Fsp3) is 1.00. The molecule has 0 aromatic heterocycles. The Balaban J connectivity index is 2.55. The van der Waals surface area contributed by atoms with Crippen LogP contribution in [0.5, 0.6) is 0 Å². The van der Waals surface area contributed by atoms with Gasteiger partial charge in [-0.25, -0.2) is 0 Å². The molecule has 0 saturated heterocycles. The van der Waals surface area contributed by atoms with Crippen LogP contribution in [0.2, 0.25) is 0 Å². The minimum atomic E-state index is -0.972. The molecule has 4 nitrogen and oxygen atoms in total. The predicted molar refractivity (Wildman–Crippen MR) is 33.2 cm³/mol. The standard InChI is InChI=1S/C6H12O4/c7-2-3-4(8)1-5(9)6(3)10/h3-10H,1-2H2/t3-,4+,5+,6-/m1/s1. The first-order valence-electron chi connectivity index (χ1n) is 3.32. The van der Waals surface area contributed by atoms with Crippen LogP contribution in [0.3, 0.4) is 0 Å². The second kappa shape index (κ2) is 2.84. The number of hydrogen-bond donors (Lipinski definition) is 4. The maximum atomic E-state index is 9.06. The highest BCUT2D eigenvalue weighted by Gasteiger charge is 2.39. The van der Waals surface area contributed by atoms with Gasteiger partial charge in [-0.3, -0.25) is 0 Å². The van der Waals surface area contributed by atoms with Crippen LogP contribution in [0, 0.1) is 5.92 Å². The molecule has 4 atom stereocenters. The van der Waals surface area contributed by atoms with E-state index in [0.717, 1.165) is 0 Å². The number of aliphatic hydroxyl groups is 4. The molecular weight excluding hydrogens is 136 g/mol. The summed E-state index contributed by atoms with van der Waals surface area (Å²) in [6.45, 7) is -0.278. The Hall–Kier alpha value is -0.160. The maximum absolute atomic E-state index is 9.06. The van der Waals surface area contributed by atoms with Crippen LogP contribution in [0.25, 0.3) is 0 Å². The molecule has 1 fully saturated rings. The Morgan fingerprint density at radius 2 is 1.70 bits per heavy atom. The topological polar surface area (TPSA) is 80.9 Å². The lowest BCUT2D eigenvalue weighted by molar-refractivity contribution is -0.00584. The summed E-state index contributed by atoms with van der Waals surface area (Å²) < 4.78 is 0. The molecule has 0 spiro atoms. The first-order valence-corrected chi connectivity index (χ1v) is 3.32. The van der Waals surface area contributed by atoms with E-state index in [1.807, 2.05) is 0 Å². The average molecular weight is 148 g/mol. The van der Waals surface area contributed by atoms with Crippen molar-refractivity contribution in [2.24, 2.45) is 5.92 Å². The Morgan fingerprint density at radius 1 is 1.10 bits per heavy atom. The van der Waals surface area contributed by atoms with Gasteiger partial charge < -0.3 is 20.4 Å². The summed E-state index contributed by atoms with van der Waals surface area (Å²) in [5, 5.41) is 35.6. The van der Waals surface area contributed by atoms with Crippen molar-refractivity contribution in [3.05, 3.63) is 0 Å². The summed E-state index contributed by atoms with van der Waals surface area (Å²) in [7, 11) is 0. The van der Waals surface area contributed by atoms with Crippen molar-refractivity contribution >= 4 is 0 Å². The zero-order chi connectivity index (χ0) is 7.72. The lowest BCUT2D eigenvalue weighted by Gasteiger charge is -2.14. The molecule has 4 N–H and O–H groups in total. The summed E-state index contributed by atoms with van der Waals surface area (Å²) >= 11 is 0. The summed E-state index contributed by atoms with van der Waals surface area (Å²) in [6.07, 6.45) is -2.46. The Morgan fingerprint density at radius 3 is 1.90 bits per heavy atom. The smallest absolute Gasteiger partial charge is 0.0874 e. The Kier molecular flexibility index (Phi) is 2.25. The molecule has 0 aromatic rings. The molecule has 1 saturated carbocycles. The molecule has 0 aromatic carbocycles. The molecule has 0 aliphatic heterocycles. The van der Waals surface area contributed by atoms with Gasteiger partial charge in [-0.15, -0.1) is 0 Å². The minimum absolute atomic E-state index is 0.159. The lowest BCUT2D eigenvalue weighted by Crippen LogP contribution is -2.29. The third-order valence-corrected chi connectivity index (χ3v) is 2.02. The highest BCUT2D eigenvalue weighted by molar-refractivity contribution is 4.90. The predicted octanol–water partition coefficient (Wildman–Crippen LogP) is -1.92. The van der Waals surface area contributed by atoms with E-state index in [4.69, 9.17) is 20.4 Å². The van der Waals surface area contributed by atoms with Crippen molar-refractivity contribution in [3.63, 3.8) is 0 Å². The molecule has 1 aliphatic carbocycles. The van der Waals surface area contributed by atoms with Gasteiger partial charge in [-0.1, -0.05) is 0 Å². The van der Waals surface area contributed by atoms with Crippen LogP contribution >= 0.6 is 0 Å². The maximum Gasteiger partial charge on any atom is 0.0874 e. The molecule has 0 heterocycles. The molecule has 60 valence electrons. The number of rotatable bonds is 1. The Bertz CT molecular complexity index is 116. The van der Waals surface area contributed by atoms with Gasteiger partial charge in [0.25, 0.3) is 0 Å². The van der Waals surface area contributed by atoms with E-state index < -0.39 is 24.2 Å². The van der Waals surface area contributed by atoms with Crippen molar-refractivity contribution in [2.45, 2.75) is 24.7 Å². The summed E-state index contributed by atoms with van der Waals surface area (Å²) in [5.74, 6) is -0.574. The van der Waals surface area contributed by atoms with Gasteiger partial charge in [-0.05, 0) is 0 Å². The monoisotopic (exact) mass is 148 g/mol. The first kappa shape index (κ1) is 7.94. The zero-order valence-corrected chi connectivity index (χ0v) is 5.51. The van der Waals surface area contributed by atoms with E-state index in [2.05, 4.69) is 0 Å². The highest BCUT2D eigenvalue weighted by atomic mass is 16.3. The van der Waals surface area contributed by atoms with Gasteiger partial charge in [0.1, 0.15) is 0 Å². The lowest BCUT2D eigenvalue weighted by atomic mass is 10.1. The van der Waals surface area contributed by atoms with E-state index in [9.17, 15) is 0 Å². The summed E-state index contributed by atoms with van der Waals surface area (Å²) in [4.78, 5) is 0. The fourth-order valence-electron chi connectivity index (χ4n) is 1.30. The second-order valence-corrected chi connectivity index (χ2v) is 2.71. The first-order chi connectivity index (χ1) is 4.66. The average Bonchev–Trinajstić information content (AvgIpc) is 2.09.